The number of rotatable bonds is 7. The predicted molar refractivity (Wildman–Crippen MR) is 59.3 cm³/mol. The van der Waals surface area contributed by atoms with Crippen LogP contribution in [0.25, 0.3) is 0 Å². The van der Waals surface area contributed by atoms with Gasteiger partial charge in [0, 0.05) is 20.1 Å². The second kappa shape index (κ2) is 6.29. The topological polar surface area (TPSA) is 90.1 Å². The number of methoxy groups -OCH3 is 1. The van der Waals surface area contributed by atoms with Gasteiger partial charge in [0.05, 0.1) is 0 Å². The molecule has 1 aromatic rings. The van der Waals surface area contributed by atoms with E-state index < -0.39 is 5.97 Å². The van der Waals surface area contributed by atoms with E-state index in [0.29, 0.717) is 12.4 Å². The van der Waals surface area contributed by atoms with Gasteiger partial charge in [0.2, 0.25) is 0 Å². The third-order valence-electron chi connectivity index (χ3n) is 2.75. The Morgan fingerprint density at radius 1 is 1.59 bits per heavy atom. The lowest BCUT2D eigenvalue weighted by Gasteiger charge is -2.14. The Balaban J connectivity index is 2.72. The van der Waals surface area contributed by atoms with Crippen molar-refractivity contribution in [2.45, 2.75) is 39.3 Å². The summed E-state index contributed by atoms with van der Waals surface area (Å²) in [7, 11) is 1.58. The van der Waals surface area contributed by atoms with Crippen LogP contribution in [0.4, 0.5) is 0 Å². The molecule has 0 aliphatic heterocycles. The van der Waals surface area contributed by atoms with Crippen LogP contribution in [-0.4, -0.2) is 38.4 Å². The number of nitrogens with zero attached hydrogens (tertiary/aromatic N) is 4. The van der Waals surface area contributed by atoms with Crippen LogP contribution in [0.5, 0.6) is 0 Å². The van der Waals surface area contributed by atoms with Gasteiger partial charge in [0.25, 0.3) is 0 Å². The van der Waals surface area contributed by atoms with Gasteiger partial charge in [-0.25, -0.2) is 4.68 Å². The summed E-state index contributed by atoms with van der Waals surface area (Å²) in [5, 5.41) is 20.1. The van der Waals surface area contributed by atoms with Crippen LogP contribution in [-0.2, 0) is 16.1 Å². The fraction of sp³-hybridized carbons (Fsp3) is 0.800. The van der Waals surface area contributed by atoms with Gasteiger partial charge in [-0.05, 0) is 23.3 Å². The largest absolute Gasteiger partial charge is 0.481 e. The second-order valence-electron chi connectivity index (χ2n) is 3.97. The first-order valence-corrected chi connectivity index (χ1v) is 5.59. The summed E-state index contributed by atoms with van der Waals surface area (Å²) in [5.74, 6) is -0.151. The van der Waals surface area contributed by atoms with Crippen LogP contribution in [0.2, 0.25) is 0 Å². The summed E-state index contributed by atoms with van der Waals surface area (Å²) >= 11 is 0. The maximum atomic E-state index is 10.7. The molecule has 1 heterocycles. The van der Waals surface area contributed by atoms with Gasteiger partial charge in [-0.15, -0.1) is 5.10 Å². The fourth-order valence-electron chi connectivity index (χ4n) is 1.57. The molecule has 2 atom stereocenters. The van der Waals surface area contributed by atoms with E-state index in [4.69, 9.17) is 9.84 Å². The molecule has 0 fully saturated rings. The van der Waals surface area contributed by atoms with Crippen molar-refractivity contribution in [1.29, 1.82) is 0 Å². The highest BCUT2D eigenvalue weighted by atomic mass is 16.5. The van der Waals surface area contributed by atoms with Gasteiger partial charge in [-0.3, -0.25) is 4.79 Å². The molecular formula is C10H18N4O3. The Morgan fingerprint density at radius 3 is 2.82 bits per heavy atom. The van der Waals surface area contributed by atoms with E-state index in [2.05, 4.69) is 15.5 Å². The molecule has 0 aromatic carbocycles. The highest BCUT2D eigenvalue weighted by Crippen LogP contribution is 2.16. The zero-order valence-electron chi connectivity index (χ0n) is 10.3. The summed E-state index contributed by atoms with van der Waals surface area (Å²) in [4.78, 5) is 10.7. The van der Waals surface area contributed by atoms with Crippen LogP contribution in [0.1, 0.15) is 38.6 Å². The molecule has 0 saturated heterocycles. The Labute approximate surface area is 99.8 Å². The van der Waals surface area contributed by atoms with E-state index in [1.54, 1.807) is 11.8 Å². The molecule has 1 N–H and O–H groups in total. The molecule has 0 aliphatic rings. The second-order valence-corrected chi connectivity index (χ2v) is 3.97. The zero-order valence-corrected chi connectivity index (χ0v) is 10.3. The highest BCUT2D eigenvalue weighted by Gasteiger charge is 2.18. The molecule has 7 heteroatoms. The van der Waals surface area contributed by atoms with Crippen LogP contribution in [0.15, 0.2) is 0 Å². The van der Waals surface area contributed by atoms with Crippen molar-refractivity contribution < 1.29 is 14.6 Å². The first-order valence-electron chi connectivity index (χ1n) is 5.59. The van der Waals surface area contributed by atoms with E-state index in [9.17, 15) is 4.79 Å². The molecule has 1 rings (SSSR count). The van der Waals surface area contributed by atoms with Crippen molar-refractivity contribution in [3.8, 4) is 0 Å². The van der Waals surface area contributed by atoms with Gasteiger partial charge in [-0.1, -0.05) is 13.3 Å². The van der Waals surface area contributed by atoms with E-state index in [0.717, 1.165) is 6.42 Å². The monoisotopic (exact) mass is 242 g/mol. The molecule has 0 bridgehead atoms. The molecule has 0 spiro atoms. The number of carboxylic acid groups (broad SMARTS) is 1. The summed E-state index contributed by atoms with van der Waals surface area (Å²) in [5.41, 5.74) is 0. The molecular weight excluding hydrogens is 224 g/mol. The minimum atomic E-state index is -0.800. The minimum Gasteiger partial charge on any atom is -0.481 e. The van der Waals surface area contributed by atoms with Crippen molar-refractivity contribution in [1.82, 2.24) is 20.2 Å². The van der Waals surface area contributed by atoms with Crippen LogP contribution < -0.4 is 0 Å². The summed E-state index contributed by atoms with van der Waals surface area (Å²) in [6, 6.07) is 0. The lowest BCUT2D eigenvalue weighted by atomic mass is 10.0. The van der Waals surface area contributed by atoms with Gasteiger partial charge in [0.15, 0.2) is 5.82 Å². The first-order chi connectivity index (χ1) is 8.08. The van der Waals surface area contributed by atoms with Crippen molar-refractivity contribution in [2.75, 3.05) is 7.11 Å². The van der Waals surface area contributed by atoms with Gasteiger partial charge in [-0.2, -0.15) is 0 Å². The quantitative estimate of drug-likeness (QED) is 0.763. The Morgan fingerprint density at radius 2 is 2.29 bits per heavy atom. The molecule has 0 saturated carbocycles. The third-order valence-corrected chi connectivity index (χ3v) is 2.75. The smallest absolute Gasteiger partial charge is 0.303 e. The SMILES string of the molecule is CCC(CC(=O)O)Cn1nnnc1C(C)OC. The number of hydrogen-bond donors (Lipinski definition) is 1. The van der Waals surface area contributed by atoms with Gasteiger partial charge < -0.3 is 9.84 Å². The molecule has 7 nitrogen and oxygen atoms in total. The lowest BCUT2D eigenvalue weighted by Crippen LogP contribution is -2.18. The molecule has 17 heavy (non-hydrogen) atoms. The lowest BCUT2D eigenvalue weighted by molar-refractivity contribution is -0.138. The standard InChI is InChI=1S/C10H18N4O3/c1-4-8(5-9(15)16)6-14-10(7(2)17-3)11-12-13-14/h7-8H,4-6H2,1-3H3,(H,15,16). The van der Waals surface area contributed by atoms with E-state index in [1.807, 2.05) is 13.8 Å². The number of aliphatic carboxylic acids is 1. The van der Waals surface area contributed by atoms with Crippen molar-refractivity contribution in [3.63, 3.8) is 0 Å². The third kappa shape index (κ3) is 3.77. The Kier molecular flexibility index (Phi) is 5.02. The van der Waals surface area contributed by atoms with Gasteiger partial charge >= 0.3 is 5.97 Å². The number of hydrogen-bond acceptors (Lipinski definition) is 5. The molecule has 0 aliphatic carbocycles. The minimum absolute atomic E-state index is 0.0267. The fourth-order valence-corrected chi connectivity index (χ4v) is 1.57. The Hall–Kier alpha value is -1.50. The highest BCUT2D eigenvalue weighted by molar-refractivity contribution is 5.66. The zero-order chi connectivity index (χ0) is 12.8. The number of ether oxygens (including phenoxy) is 1. The normalized spacial score (nSPS) is 14.5. The first kappa shape index (κ1) is 13.6. The maximum Gasteiger partial charge on any atom is 0.303 e. The van der Waals surface area contributed by atoms with Crippen LogP contribution >= 0.6 is 0 Å². The van der Waals surface area contributed by atoms with Crippen LogP contribution in [0, 0.1) is 5.92 Å². The average molecular weight is 242 g/mol. The molecule has 1 aromatic heterocycles. The summed E-state index contributed by atoms with van der Waals surface area (Å²) in [6.45, 7) is 4.30. The van der Waals surface area contributed by atoms with Crippen molar-refractivity contribution in [2.24, 2.45) is 5.92 Å². The van der Waals surface area contributed by atoms with Crippen LogP contribution in [0.3, 0.4) is 0 Å². The average Bonchev–Trinajstić information content (AvgIpc) is 2.74. The number of carboxylic acids is 1. The summed E-state index contributed by atoms with van der Waals surface area (Å²) in [6.07, 6.45) is 0.691. The molecule has 0 amide bonds. The number of tetrazole rings is 1. The Bertz CT molecular complexity index is 366. The molecule has 96 valence electrons. The maximum absolute atomic E-state index is 10.7. The number of carbonyl (C=O) groups is 1. The predicted octanol–water partition coefficient (Wildman–Crippen LogP) is 0.881. The van der Waals surface area contributed by atoms with E-state index >= 15 is 0 Å². The molecule has 2 unspecified atom stereocenters. The van der Waals surface area contributed by atoms with Crippen molar-refractivity contribution >= 4 is 5.97 Å². The van der Waals surface area contributed by atoms with E-state index in [1.165, 1.54) is 0 Å². The van der Waals surface area contributed by atoms with Gasteiger partial charge in [0.1, 0.15) is 6.10 Å². The molecule has 0 radical (unpaired) electrons. The summed E-state index contributed by atoms with van der Waals surface area (Å²) < 4.78 is 6.77. The number of aromatic nitrogens is 4. The van der Waals surface area contributed by atoms with E-state index in [-0.39, 0.29) is 18.4 Å². The van der Waals surface area contributed by atoms with Crippen molar-refractivity contribution in [3.05, 3.63) is 5.82 Å².